The molecule has 2 fully saturated rings. The highest BCUT2D eigenvalue weighted by molar-refractivity contribution is 5.43. The number of aliphatic hydroxyl groups is 2. The summed E-state index contributed by atoms with van der Waals surface area (Å²) in [6.07, 6.45) is 3.23. The lowest BCUT2D eigenvalue weighted by Crippen LogP contribution is -2.25. The maximum absolute atomic E-state index is 9.92. The van der Waals surface area contributed by atoms with Crippen molar-refractivity contribution in [2.75, 3.05) is 18.0 Å². The molecule has 1 saturated carbocycles. The number of hydrogen-bond donors (Lipinski definition) is 2. The van der Waals surface area contributed by atoms with Crippen LogP contribution in [0.5, 0.6) is 0 Å². The predicted octanol–water partition coefficient (Wildman–Crippen LogP) is 1.34. The number of hydrogen-bond acceptors (Lipinski definition) is 4. The zero-order valence-electron chi connectivity index (χ0n) is 10.7. The maximum atomic E-state index is 9.92. The van der Waals surface area contributed by atoms with Gasteiger partial charge in [0.2, 0.25) is 0 Å². The van der Waals surface area contributed by atoms with Gasteiger partial charge in [0.25, 0.3) is 0 Å². The molecule has 0 aromatic carbocycles. The largest absolute Gasteiger partial charge is 0.393 e. The van der Waals surface area contributed by atoms with Crippen molar-refractivity contribution in [3.8, 4) is 0 Å². The number of fused-ring (bicyclic) bond motifs is 1. The highest BCUT2D eigenvalue weighted by Gasteiger charge is 2.42. The maximum Gasteiger partial charge on any atom is 0.128 e. The number of nitrogens with zero attached hydrogens (tertiary/aromatic N) is 2. The molecule has 0 spiro atoms. The summed E-state index contributed by atoms with van der Waals surface area (Å²) < 4.78 is 0. The van der Waals surface area contributed by atoms with E-state index in [1.807, 2.05) is 12.1 Å². The van der Waals surface area contributed by atoms with Gasteiger partial charge in [0.1, 0.15) is 5.82 Å². The van der Waals surface area contributed by atoms with Gasteiger partial charge in [-0.3, -0.25) is 0 Å². The van der Waals surface area contributed by atoms with Gasteiger partial charge in [-0.15, -0.1) is 0 Å². The molecule has 4 nitrogen and oxygen atoms in total. The average Bonchev–Trinajstić information content (AvgIpc) is 2.92. The molecular weight excluding hydrogens is 228 g/mol. The van der Waals surface area contributed by atoms with E-state index in [0.29, 0.717) is 11.8 Å². The molecule has 4 atom stereocenters. The Kier molecular flexibility index (Phi) is 2.99. The van der Waals surface area contributed by atoms with Crippen molar-refractivity contribution in [3.63, 3.8) is 0 Å². The van der Waals surface area contributed by atoms with Crippen LogP contribution in [-0.2, 0) is 0 Å². The molecule has 1 saturated heterocycles. The van der Waals surface area contributed by atoms with Crippen molar-refractivity contribution in [2.24, 2.45) is 11.8 Å². The molecule has 1 aliphatic heterocycles. The second-order valence-corrected chi connectivity index (χ2v) is 5.60. The van der Waals surface area contributed by atoms with Crippen LogP contribution in [0.15, 0.2) is 18.3 Å². The van der Waals surface area contributed by atoms with Crippen LogP contribution in [0, 0.1) is 11.8 Å². The molecule has 2 aliphatic rings. The third-order valence-corrected chi connectivity index (χ3v) is 4.40. The molecule has 1 aromatic heterocycles. The van der Waals surface area contributed by atoms with Crippen molar-refractivity contribution < 1.29 is 10.2 Å². The Morgan fingerprint density at radius 2 is 2.22 bits per heavy atom. The van der Waals surface area contributed by atoms with Crippen LogP contribution >= 0.6 is 0 Å². The summed E-state index contributed by atoms with van der Waals surface area (Å²) in [5.74, 6) is 1.94. The van der Waals surface area contributed by atoms with Crippen LogP contribution in [0.2, 0.25) is 0 Å². The van der Waals surface area contributed by atoms with Crippen LogP contribution in [-0.4, -0.2) is 34.4 Å². The molecule has 2 N–H and O–H groups in total. The minimum absolute atomic E-state index is 0.139. The normalized spacial score (nSPS) is 32.6. The van der Waals surface area contributed by atoms with E-state index in [0.717, 1.165) is 37.3 Å². The van der Waals surface area contributed by atoms with Crippen molar-refractivity contribution in [1.82, 2.24) is 4.98 Å². The quantitative estimate of drug-likeness (QED) is 0.829. The first-order valence-electron chi connectivity index (χ1n) is 6.72. The standard InChI is InChI=1S/C14H20N2O2/c1-9(17)10-4-5-15-14(6-10)16-7-11-2-3-13(18)12(11)8-16/h4-6,9,11-13,17-18H,2-3,7-8H2,1H3/t9-,11?,12?,13?/m1/s1. The molecule has 4 heteroatoms. The Balaban J connectivity index is 1.78. The average molecular weight is 248 g/mol. The van der Waals surface area contributed by atoms with E-state index in [4.69, 9.17) is 0 Å². The lowest BCUT2D eigenvalue weighted by molar-refractivity contribution is 0.133. The van der Waals surface area contributed by atoms with Gasteiger partial charge in [-0.2, -0.15) is 0 Å². The number of aliphatic hydroxyl groups excluding tert-OH is 2. The first kappa shape index (κ1) is 11.9. The summed E-state index contributed by atoms with van der Waals surface area (Å²) in [5, 5.41) is 19.5. The number of pyridine rings is 1. The molecule has 0 radical (unpaired) electrons. The van der Waals surface area contributed by atoms with E-state index in [1.54, 1.807) is 13.1 Å². The van der Waals surface area contributed by atoms with E-state index >= 15 is 0 Å². The van der Waals surface area contributed by atoms with Gasteiger partial charge in [-0.05, 0) is 43.4 Å². The Labute approximate surface area is 107 Å². The zero-order chi connectivity index (χ0) is 12.7. The first-order valence-corrected chi connectivity index (χ1v) is 6.72. The Bertz CT molecular complexity index is 436. The fourth-order valence-electron chi connectivity index (χ4n) is 3.29. The lowest BCUT2D eigenvalue weighted by atomic mass is 10.00. The summed E-state index contributed by atoms with van der Waals surface area (Å²) in [6, 6.07) is 3.80. The highest BCUT2D eigenvalue weighted by atomic mass is 16.3. The van der Waals surface area contributed by atoms with Crippen molar-refractivity contribution >= 4 is 5.82 Å². The fourth-order valence-corrected chi connectivity index (χ4v) is 3.29. The van der Waals surface area contributed by atoms with Crippen molar-refractivity contribution in [1.29, 1.82) is 0 Å². The Morgan fingerprint density at radius 3 is 2.94 bits per heavy atom. The van der Waals surface area contributed by atoms with E-state index < -0.39 is 6.10 Å². The van der Waals surface area contributed by atoms with Gasteiger partial charge in [0.15, 0.2) is 0 Å². The van der Waals surface area contributed by atoms with Crippen molar-refractivity contribution in [2.45, 2.75) is 32.0 Å². The van der Waals surface area contributed by atoms with Crippen molar-refractivity contribution in [3.05, 3.63) is 23.9 Å². The van der Waals surface area contributed by atoms with Gasteiger partial charge < -0.3 is 15.1 Å². The lowest BCUT2D eigenvalue weighted by Gasteiger charge is -2.20. The molecule has 1 aliphatic carbocycles. The molecule has 3 rings (SSSR count). The van der Waals surface area contributed by atoms with Crippen LogP contribution < -0.4 is 4.90 Å². The molecule has 2 heterocycles. The van der Waals surface area contributed by atoms with Gasteiger partial charge in [0.05, 0.1) is 12.2 Å². The van der Waals surface area contributed by atoms with E-state index in [9.17, 15) is 10.2 Å². The minimum Gasteiger partial charge on any atom is -0.393 e. The first-order chi connectivity index (χ1) is 8.65. The van der Waals surface area contributed by atoms with Gasteiger partial charge in [-0.1, -0.05) is 0 Å². The van der Waals surface area contributed by atoms with E-state index in [-0.39, 0.29) is 6.10 Å². The fraction of sp³-hybridized carbons (Fsp3) is 0.643. The minimum atomic E-state index is -0.459. The number of rotatable bonds is 2. The van der Waals surface area contributed by atoms with Crippen LogP contribution in [0.4, 0.5) is 5.82 Å². The molecule has 98 valence electrons. The third kappa shape index (κ3) is 1.99. The monoisotopic (exact) mass is 248 g/mol. The van der Waals surface area contributed by atoms with Crippen LogP contribution in [0.25, 0.3) is 0 Å². The summed E-state index contributed by atoms with van der Waals surface area (Å²) in [6.45, 7) is 3.64. The van der Waals surface area contributed by atoms with Gasteiger partial charge in [-0.25, -0.2) is 4.98 Å². The van der Waals surface area contributed by atoms with Crippen LogP contribution in [0.3, 0.4) is 0 Å². The van der Waals surface area contributed by atoms with Gasteiger partial charge in [0, 0.05) is 25.2 Å². The third-order valence-electron chi connectivity index (χ3n) is 4.40. The summed E-state index contributed by atoms with van der Waals surface area (Å²) in [4.78, 5) is 6.63. The predicted molar refractivity (Wildman–Crippen MR) is 69.3 cm³/mol. The van der Waals surface area contributed by atoms with Gasteiger partial charge >= 0.3 is 0 Å². The van der Waals surface area contributed by atoms with E-state index in [1.165, 1.54) is 0 Å². The SMILES string of the molecule is C[C@@H](O)c1ccnc(N2CC3CCC(O)C3C2)c1. The topological polar surface area (TPSA) is 56.6 Å². The number of aromatic nitrogens is 1. The molecule has 18 heavy (non-hydrogen) atoms. The zero-order valence-corrected chi connectivity index (χ0v) is 10.7. The molecular formula is C14H20N2O2. The molecule has 1 aromatic rings. The molecule has 0 amide bonds. The Morgan fingerprint density at radius 1 is 1.39 bits per heavy atom. The summed E-state index contributed by atoms with van der Waals surface area (Å²) in [7, 11) is 0. The number of anilines is 1. The second kappa shape index (κ2) is 4.52. The Hall–Kier alpha value is -1.13. The highest BCUT2D eigenvalue weighted by Crippen LogP contribution is 2.39. The molecule has 3 unspecified atom stereocenters. The summed E-state index contributed by atoms with van der Waals surface area (Å²) >= 11 is 0. The van der Waals surface area contributed by atoms with E-state index in [2.05, 4.69) is 9.88 Å². The molecule has 0 bridgehead atoms. The van der Waals surface area contributed by atoms with Crippen LogP contribution in [0.1, 0.15) is 31.4 Å². The summed E-state index contributed by atoms with van der Waals surface area (Å²) in [5.41, 5.74) is 0.901. The smallest absolute Gasteiger partial charge is 0.128 e. The second-order valence-electron chi connectivity index (χ2n) is 5.60.